The van der Waals surface area contributed by atoms with Crippen LogP contribution in [0.15, 0.2) is 42.5 Å². The lowest BCUT2D eigenvalue weighted by molar-refractivity contribution is -0.123. The SMILES string of the molecule is Cc1cc(CNC(=O)COc2ccc(N)cc2)ccc1F. The minimum atomic E-state index is -0.253. The van der Waals surface area contributed by atoms with Crippen molar-refractivity contribution in [3.63, 3.8) is 0 Å². The summed E-state index contributed by atoms with van der Waals surface area (Å²) in [5.74, 6) is 0.0857. The molecular formula is C16H17FN2O2. The van der Waals surface area contributed by atoms with Gasteiger partial charge in [-0.3, -0.25) is 4.79 Å². The fourth-order valence-corrected chi connectivity index (χ4v) is 1.78. The molecule has 110 valence electrons. The molecule has 0 heterocycles. The smallest absolute Gasteiger partial charge is 0.258 e. The zero-order valence-corrected chi connectivity index (χ0v) is 11.7. The summed E-state index contributed by atoms with van der Waals surface area (Å²) in [5.41, 5.74) is 7.59. The predicted octanol–water partition coefficient (Wildman–Crippen LogP) is 2.41. The number of nitrogens with one attached hydrogen (secondary N) is 1. The van der Waals surface area contributed by atoms with E-state index < -0.39 is 0 Å². The number of carbonyl (C=O) groups excluding carboxylic acids is 1. The zero-order chi connectivity index (χ0) is 15.2. The van der Waals surface area contributed by atoms with E-state index in [0.29, 0.717) is 23.5 Å². The second-order valence-electron chi connectivity index (χ2n) is 4.72. The number of nitrogens with two attached hydrogens (primary N) is 1. The van der Waals surface area contributed by atoms with Crippen LogP contribution in [0.1, 0.15) is 11.1 Å². The Morgan fingerprint density at radius 2 is 1.95 bits per heavy atom. The minimum absolute atomic E-state index is 0.0793. The summed E-state index contributed by atoms with van der Waals surface area (Å²) in [6.07, 6.45) is 0. The molecule has 0 unspecified atom stereocenters. The van der Waals surface area contributed by atoms with Gasteiger partial charge in [-0.2, -0.15) is 0 Å². The first-order valence-corrected chi connectivity index (χ1v) is 6.54. The number of rotatable bonds is 5. The van der Waals surface area contributed by atoms with E-state index in [1.807, 2.05) is 0 Å². The van der Waals surface area contributed by atoms with Gasteiger partial charge in [0, 0.05) is 12.2 Å². The average molecular weight is 288 g/mol. The van der Waals surface area contributed by atoms with Crippen molar-refractivity contribution in [1.29, 1.82) is 0 Å². The van der Waals surface area contributed by atoms with Gasteiger partial charge in [-0.1, -0.05) is 12.1 Å². The normalized spacial score (nSPS) is 10.2. The molecule has 0 spiro atoms. The molecule has 0 aliphatic carbocycles. The Labute approximate surface area is 122 Å². The molecule has 0 aromatic heterocycles. The third-order valence-corrected chi connectivity index (χ3v) is 2.96. The van der Waals surface area contributed by atoms with Crippen molar-refractivity contribution in [2.75, 3.05) is 12.3 Å². The first-order valence-electron chi connectivity index (χ1n) is 6.54. The third kappa shape index (κ3) is 4.49. The highest BCUT2D eigenvalue weighted by Crippen LogP contribution is 2.13. The first kappa shape index (κ1) is 14.8. The Balaban J connectivity index is 1.79. The summed E-state index contributed by atoms with van der Waals surface area (Å²) in [4.78, 5) is 11.7. The molecule has 21 heavy (non-hydrogen) atoms. The van der Waals surface area contributed by atoms with Crippen LogP contribution in [-0.4, -0.2) is 12.5 Å². The second kappa shape index (κ2) is 6.74. The summed E-state index contributed by atoms with van der Waals surface area (Å²) in [6.45, 7) is 1.94. The number of aryl methyl sites for hydroxylation is 1. The van der Waals surface area contributed by atoms with Gasteiger partial charge in [0.05, 0.1) is 0 Å². The van der Waals surface area contributed by atoms with Gasteiger partial charge in [0.2, 0.25) is 0 Å². The fourth-order valence-electron chi connectivity index (χ4n) is 1.78. The van der Waals surface area contributed by atoms with Crippen molar-refractivity contribution >= 4 is 11.6 Å². The summed E-state index contributed by atoms with van der Waals surface area (Å²) < 4.78 is 18.4. The van der Waals surface area contributed by atoms with Gasteiger partial charge < -0.3 is 15.8 Å². The summed E-state index contributed by atoms with van der Waals surface area (Å²) in [5, 5.41) is 2.72. The van der Waals surface area contributed by atoms with E-state index in [0.717, 1.165) is 5.56 Å². The number of anilines is 1. The van der Waals surface area contributed by atoms with E-state index in [4.69, 9.17) is 10.5 Å². The van der Waals surface area contributed by atoms with Crippen LogP contribution in [0.2, 0.25) is 0 Å². The van der Waals surface area contributed by atoms with Crippen LogP contribution in [0.25, 0.3) is 0 Å². The molecule has 0 aliphatic heterocycles. The third-order valence-electron chi connectivity index (χ3n) is 2.96. The largest absolute Gasteiger partial charge is 0.484 e. The number of benzene rings is 2. The van der Waals surface area contributed by atoms with Crippen LogP contribution in [-0.2, 0) is 11.3 Å². The molecular weight excluding hydrogens is 271 g/mol. The molecule has 0 saturated heterocycles. The van der Waals surface area contributed by atoms with Gasteiger partial charge in [0.25, 0.3) is 5.91 Å². The molecule has 1 amide bonds. The van der Waals surface area contributed by atoms with E-state index in [-0.39, 0.29) is 18.3 Å². The van der Waals surface area contributed by atoms with Gasteiger partial charge in [-0.15, -0.1) is 0 Å². The molecule has 0 fully saturated rings. The fraction of sp³-hybridized carbons (Fsp3) is 0.188. The van der Waals surface area contributed by atoms with Crippen molar-refractivity contribution in [1.82, 2.24) is 5.32 Å². The van der Waals surface area contributed by atoms with Crippen molar-refractivity contribution in [3.8, 4) is 5.75 Å². The molecule has 2 aromatic rings. The topological polar surface area (TPSA) is 64.3 Å². The highest BCUT2D eigenvalue weighted by molar-refractivity contribution is 5.77. The van der Waals surface area contributed by atoms with Crippen LogP contribution in [0.4, 0.5) is 10.1 Å². The number of carbonyl (C=O) groups is 1. The number of hydrogen-bond acceptors (Lipinski definition) is 3. The Morgan fingerprint density at radius 3 is 2.62 bits per heavy atom. The van der Waals surface area contributed by atoms with Crippen molar-refractivity contribution in [3.05, 3.63) is 59.4 Å². The van der Waals surface area contributed by atoms with Crippen molar-refractivity contribution < 1.29 is 13.9 Å². The van der Waals surface area contributed by atoms with Crippen LogP contribution < -0.4 is 15.8 Å². The van der Waals surface area contributed by atoms with E-state index in [1.54, 1.807) is 43.3 Å². The van der Waals surface area contributed by atoms with Gasteiger partial charge >= 0.3 is 0 Å². The summed E-state index contributed by atoms with van der Waals surface area (Å²) in [6, 6.07) is 11.5. The molecule has 0 atom stereocenters. The Bertz CT molecular complexity index is 627. The summed E-state index contributed by atoms with van der Waals surface area (Å²) in [7, 11) is 0. The van der Waals surface area contributed by atoms with E-state index in [2.05, 4.69) is 5.32 Å². The van der Waals surface area contributed by atoms with E-state index in [9.17, 15) is 9.18 Å². The maximum Gasteiger partial charge on any atom is 0.258 e. The molecule has 0 saturated carbocycles. The minimum Gasteiger partial charge on any atom is -0.484 e. The maximum atomic E-state index is 13.1. The van der Waals surface area contributed by atoms with Gasteiger partial charge in [0.15, 0.2) is 6.61 Å². The number of hydrogen-bond donors (Lipinski definition) is 2. The Kier molecular flexibility index (Phi) is 4.77. The van der Waals surface area contributed by atoms with Crippen LogP contribution >= 0.6 is 0 Å². The van der Waals surface area contributed by atoms with Crippen LogP contribution in [0.3, 0.4) is 0 Å². The lowest BCUT2D eigenvalue weighted by Crippen LogP contribution is -2.28. The molecule has 4 nitrogen and oxygen atoms in total. The van der Waals surface area contributed by atoms with Gasteiger partial charge in [0.1, 0.15) is 11.6 Å². The number of ether oxygens (including phenoxy) is 1. The summed E-state index contributed by atoms with van der Waals surface area (Å²) >= 11 is 0. The molecule has 3 N–H and O–H groups in total. The maximum absolute atomic E-state index is 13.1. The molecule has 2 rings (SSSR count). The highest BCUT2D eigenvalue weighted by atomic mass is 19.1. The van der Waals surface area contributed by atoms with Gasteiger partial charge in [-0.05, 0) is 48.4 Å². The Morgan fingerprint density at radius 1 is 1.24 bits per heavy atom. The monoisotopic (exact) mass is 288 g/mol. The molecule has 0 aliphatic rings. The number of amides is 1. The van der Waals surface area contributed by atoms with Crippen LogP contribution in [0, 0.1) is 12.7 Å². The number of halogens is 1. The van der Waals surface area contributed by atoms with Gasteiger partial charge in [-0.25, -0.2) is 4.39 Å². The lowest BCUT2D eigenvalue weighted by atomic mass is 10.1. The van der Waals surface area contributed by atoms with Crippen molar-refractivity contribution in [2.45, 2.75) is 13.5 Å². The average Bonchev–Trinajstić information content (AvgIpc) is 2.48. The van der Waals surface area contributed by atoms with Crippen LogP contribution in [0.5, 0.6) is 5.75 Å². The highest BCUT2D eigenvalue weighted by Gasteiger charge is 2.04. The van der Waals surface area contributed by atoms with Crippen molar-refractivity contribution in [2.24, 2.45) is 0 Å². The van der Waals surface area contributed by atoms with E-state index in [1.165, 1.54) is 6.07 Å². The van der Waals surface area contributed by atoms with E-state index >= 15 is 0 Å². The first-order chi connectivity index (χ1) is 10.0. The molecule has 0 bridgehead atoms. The Hall–Kier alpha value is -2.56. The standard InChI is InChI=1S/C16H17FN2O2/c1-11-8-12(2-7-15(11)17)9-19-16(20)10-21-14-5-3-13(18)4-6-14/h2-8H,9-10,18H2,1H3,(H,19,20). The quantitative estimate of drug-likeness (QED) is 0.830. The molecule has 5 heteroatoms. The number of nitrogen functional groups attached to an aromatic ring is 1. The lowest BCUT2D eigenvalue weighted by Gasteiger charge is -2.08. The zero-order valence-electron chi connectivity index (χ0n) is 11.7. The predicted molar refractivity (Wildman–Crippen MR) is 79.3 cm³/mol. The molecule has 2 aromatic carbocycles. The molecule has 0 radical (unpaired) electrons. The second-order valence-corrected chi connectivity index (χ2v) is 4.72.